The predicted octanol–water partition coefficient (Wildman–Crippen LogP) is 5.01. The topological polar surface area (TPSA) is 79.7 Å². The van der Waals surface area contributed by atoms with Gasteiger partial charge in [0, 0.05) is 30.1 Å². The van der Waals surface area contributed by atoms with E-state index in [1.54, 1.807) is 37.7 Å². The summed E-state index contributed by atoms with van der Waals surface area (Å²) in [7, 11) is 1.60. The Balaban J connectivity index is 1.88. The molecule has 1 fully saturated rings. The fourth-order valence-electron chi connectivity index (χ4n) is 4.31. The second kappa shape index (κ2) is 9.14. The van der Waals surface area contributed by atoms with Crippen molar-refractivity contribution in [3.05, 3.63) is 101 Å². The number of aromatic nitrogens is 1. The number of likely N-dealkylation sites (tertiary alicyclic amines) is 1. The lowest BCUT2D eigenvalue weighted by Gasteiger charge is -2.26. The zero-order chi connectivity index (χ0) is 24.5. The third-order valence-corrected chi connectivity index (χ3v) is 6.01. The van der Waals surface area contributed by atoms with E-state index in [1.807, 2.05) is 63.2 Å². The Bertz CT molecular complexity index is 1240. The van der Waals surface area contributed by atoms with Gasteiger partial charge in [0.05, 0.1) is 18.7 Å². The van der Waals surface area contributed by atoms with Gasteiger partial charge in [-0.05, 0) is 40.8 Å². The zero-order valence-corrected chi connectivity index (χ0v) is 19.8. The highest BCUT2D eigenvalue weighted by Gasteiger charge is 2.46. The van der Waals surface area contributed by atoms with Crippen molar-refractivity contribution >= 4 is 17.4 Å². The number of hydrogen-bond donors (Lipinski definition) is 1. The van der Waals surface area contributed by atoms with Crippen molar-refractivity contribution in [1.29, 1.82) is 0 Å². The van der Waals surface area contributed by atoms with Gasteiger partial charge in [0.15, 0.2) is 0 Å². The Morgan fingerprint density at radius 1 is 1.06 bits per heavy atom. The maximum absolute atomic E-state index is 13.3. The van der Waals surface area contributed by atoms with Crippen molar-refractivity contribution in [2.24, 2.45) is 0 Å². The van der Waals surface area contributed by atoms with Crippen molar-refractivity contribution in [3.8, 4) is 5.75 Å². The number of rotatable bonds is 5. The number of ketones is 1. The minimum atomic E-state index is -0.721. The van der Waals surface area contributed by atoms with Crippen LogP contribution in [-0.4, -0.2) is 33.8 Å². The second-order valence-corrected chi connectivity index (χ2v) is 9.36. The number of methoxy groups -OCH3 is 1. The zero-order valence-electron chi connectivity index (χ0n) is 19.8. The van der Waals surface area contributed by atoms with Crippen molar-refractivity contribution < 1.29 is 19.4 Å². The summed E-state index contributed by atoms with van der Waals surface area (Å²) in [5.74, 6) is -0.859. The van der Waals surface area contributed by atoms with Gasteiger partial charge in [-0.2, -0.15) is 0 Å². The highest BCUT2D eigenvalue weighted by atomic mass is 16.5. The molecule has 0 spiro atoms. The van der Waals surface area contributed by atoms with Crippen LogP contribution in [0.3, 0.4) is 0 Å². The van der Waals surface area contributed by atoms with Gasteiger partial charge in [-0.1, -0.05) is 57.2 Å². The van der Waals surface area contributed by atoms with Crippen LogP contribution >= 0.6 is 0 Å². The lowest BCUT2D eigenvalue weighted by atomic mass is 9.84. The van der Waals surface area contributed by atoms with Gasteiger partial charge in [-0.3, -0.25) is 14.6 Å². The normalized spacial score (nSPS) is 17.8. The van der Waals surface area contributed by atoms with Gasteiger partial charge in [-0.15, -0.1) is 0 Å². The van der Waals surface area contributed by atoms with E-state index in [0.717, 1.165) is 16.7 Å². The quantitative estimate of drug-likeness (QED) is 0.332. The number of nitrogens with zero attached hydrogens (tertiary/aromatic N) is 2. The second-order valence-electron chi connectivity index (χ2n) is 9.36. The summed E-state index contributed by atoms with van der Waals surface area (Å²) in [6, 6.07) is 17.5. The number of Topliss-reactive ketones (excluding diaryl/α,β-unsaturated/α-hetero) is 1. The number of carbonyl (C=O) groups is 2. The Morgan fingerprint density at radius 2 is 1.79 bits per heavy atom. The van der Waals surface area contributed by atoms with Gasteiger partial charge < -0.3 is 14.7 Å². The van der Waals surface area contributed by atoms with E-state index >= 15 is 0 Å². The number of aliphatic hydroxyl groups is 1. The van der Waals surface area contributed by atoms with Crippen LogP contribution in [0.2, 0.25) is 0 Å². The molecule has 1 atom stereocenters. The summed E-state index contributed by atoms with van der Waals surface area (Å²) in [4.78, 5) is 32.0. The van der Waals surface area contributed by atoms with E-state index in [4.69, 9.17) is 4.74 Å². The maximum Gasteiger partial charge on any atom is 0.295 e. The number of amides is 1. The molecule has 174 valence electrons. The van der Waals surface area contributed by atoms with Crippen LogP contribution in [0.5, 0.6) is 5.75 Å². The van der Waals surface area contributed by atoms with Crippen molar-refractivity contribution in [2.75, 3.05) is 7.11 Å². The first-order chi connectivity index (χ1) is 16.2. The molecule has 1 aliphatic rings. The van der Waals surface area contributed by atoms with Gasteiger partial charge in [0.1, 0.15) is 11.5 Å². The molecule has 6 nitrogen and oxygen atoms in total. The average molecular weight is 457 g/mol. The molecule has 6 heteroatoms. The van der Waals surface area contributed by atoms with Crippen LogP contribution in [-0.2, 0) is 21.5 Å². The number of carbonyl (C=O) groups excluding carboxylic acids is 2. The molecule has 1 saturated heterocycles. The maximum atomic E-state index is 13.3. The lowest BCUT2D eigenvalue weighted by Crippen LogP contribution is -2.29. The van der Waals surface area contributed by atoms with Crippen LogP contribution in [0.1, 0.15) is 49.1 Å². The van der Waals surface area contributed by atoms with Crippen LogP contribution in [0, 0.1) is 0 Å². The van der Waals surface area contributed by atoms with Gasteiger partial charge in [-0.25, -0.2) is 0 Å². The molecule has 3 aromatic rings. The summed E-state index contributed by atoms with van der Waals surface area (Å²) in [5, 5.41) is 11.4. The largest absolute Gasteiger partial charge is 0.507 e. The highest BCUT2D eigenvalue weighted by molar-refractivity contribution is 6.46. The molecule has 1 unspecified atom stereocenters. The Labute approximate surface area is 199 Å². The summed E-state index contributed by atoms with van der Waals surface area (Å²) >= 11 is 0. The van der Waals surface area contributed by atoms with Gasteiger partial charge in [0.2, 0.25) is 0 Å². The molecule has 4 rings (SSSR count). The number of aliphatic hydroxyl groups excluding tert-OH is 1. The van der Waals surface area contributed by atoms with Crippen LogP contribution in [0.4, 0.5) is 0 Å². The average Bonchev–Trinajstić information content (AvgIpc) is 3.08. The van der Waals surface area contributed by atoms with Crippen LogP contribution in [0.15, 0.2) is 78.6 Å². The summed E-state index contributed by atoms with van der Waals surface area (Å²) in [6.45, 7) is 6.34. The Hall–Kier alpha value is -3.93. The molecule has 1 N–H and O–H groups in total. The molecule has 0 aliphatic carbocycles. The minimum Gasteiger partial charge on any atom is -0.507 e. The van der Waals surface area contributed by atoms with E-state index in [1.165, 1.54) is 4.90 Å². The molecule has 2 aromatic carbocycles. The van der Waals surface area contributed by atoms with Crippen molar-refractivity contribution in [1.82, 2.24) is 9.88 Å². The molecular formula is C28H28N2O4. The number of hydrogen-bond acceptors (Lipinski definition) is 5. The third kappa shape index (κ3) is 4.31. The molecule has 1 aliphatic heterocycles. The summed E-state index contributed by atoms with van der Waals surface area (Å²) in [5.41, 5.74) is 2.71. The molecular weight excluding hydrogens is 428 g/mol. The molecule has 34 heavy (non-hydrogen) atoms. The van der Waals surface area contributed by atoms with E-state index in [-0.39, 0.29) is 23.3 Å². The molecule has 0 saturated carbocycles. The molecule has 1 amide bonds. The summed E-state index contributed by atoms with van der Waals surface area (Å²) in [6.07, 6.45) is 3.32. The Kier molecular flexibility index (Phi) is 6.24. The van der Waals surface area contributed by atoms with E-state index in [0.29, 0.717) is 11.3 Å². The monoisotopic (exact) mass is 456 g/mol. The third-order valence-electron chi connectivity index (χ3n) is 6.01. The first-order valence-corrected chi connectivity index (χ1v) is 11.1. The van der Waals surface area contributed by atoms with Crippen LogP contribution in [0.25, 0.3) is 5.76 Å². The van der Waals surface area contributed by atoms with Gasteiger partial charge >= 0.3 is 0 Å². The Morgan fingerprint density at radius 3 is 2.41 bits per heavy atom. The summed E-state index contributed by atoms with van der Waals surface area (Å²) < 4.78 is 5.51. The van der Waals surface area contributed by atoms with Crippen LogP contribution < -0.4 is 4.74 Å². The van der Waals surface area contributed by atoms with Gasteiger partial charge in [0.25, 0.3) is 11.7 Å². The smallest absolute Gasteiger partial charge is 0.295 e. The fraction of sp³-hybridized carbons (Fsp3) is 0.250. The molecule has 2 heterocycles. The van der Waals surface area contributed by atoms with E-state index < -0.39 is 17.7 Å². The number of pyridine rings is 1. The first-order valence-electron chi connectivity index (χ1n) is 11.1. The SMILES string of the molecule is COc1ccc(/C(O)=C2/C(=O)C(=O)N(Cc3cccnc3)C2c2ccccc2)cc1C(C)(C)C. The molecule has 0 bridgehead atoms. The predicted molar refractivity (Wildman–Crippen MR) is 130 cm³/mol. The molecule has 1 aromatic heterocycles. The van der Waals surface area contributed by atoms with E-state index in [9.17, 15) is 14.7 Å². The lowest BCUT2D eigenvalue weighted by molar-refractivity contribution is -0.140. The number of ether oxygens (including phenoxy) is 1. The van der Waals surface area contributed by atoms with Crippen molar-refractivity contribution in [2.45, 2.75) is 38.8 Å². The fourth-order valence-corrected chi connectivity index (χ4v) is 4.31. The molecule has 0 radical (unpaired) electrons. The van der Waals surface area contributed by atoms with E-state index in [2.05, 4.69) is 4.98 Å². The number of benzene rings is 2. The standard InChI is InChI=1S/C28H28N2O4/c1-28(2,3)21-15-20(12-13-22(21)34-4)25(31)23-24(19-10-6-5-7-11-19)30(27(33)26(23)32)17-18-9-8-14-29-16-18/h5-16,24,31H,17H2,1-4H3/b25-23-. The van der Waals surface area contributed by atoms with Crippen molar-refractivity contribution in [3.63, 3.8) is 0 Å². The first kappa shape index (κ1) is 23.2. The minimum absolute atomic E-state index is 0.0742. The highest BCUT2D eigenvalue weighted by Crippen LogP contribution is 2.41.